The van der Waals surface area contributed by atoms with Crippen molar-refractivity contribution in [3.05, 3.63) is 48.3 Å². The van der Waals surface area contributed by atoms with Crippen LogP contribution in [-0.2, 0) is 6.54 Å². The lowest BCUT2D eigenvalue weighted by Crippen LogP contribution is -2.05. The molecule has 0 aliphatic carbocycles. The second-order valence-corrected chi connectivity index (χ2v) is 4.54. The number of hydrogen-bond donors (Lipinski definition) is 2. The Kier molecular flexibility index (Phi) is 3.12. The SMILES string of the molecule is Nc1ccc(-c2nc3ccccc3n2CCO)c(F)c1. The highest BCUT2D eigenvalue weighted by Gasteiger charge is 2.15. The van der Waals surface area contributed by atoms with Crippen LogP contribution in [0.15, 0.2) is 42.5 Å². The van der Waals surface area contributed by atoms with Crippen LogP contribution in [0.2, 0.25) is 0 Å². The zero-order valence-corrected chi connectivity index (χ0v) is 10.8. The van der Waals surface area contributed by atoms with E-state index in [0.717, 1.165) is 11.0 Å². The first kappa shape index (κ1) is 12.6. The summed E-state index contributed by atoms with van der Waals surface area (Å²) in [5, 5.41) is 9.22. The van der Waals surface area contributed by atoms with Gasteiger partial charge in [-0.15, -0.1) is 0 Å². The van der Waals surface area contributed by atoms with Crippen molar-refractivity contribution in [3.63, 3.8) is 0 Å². The molecule has 0 fully saturated rings. The first-order valence-corrected chi connectivity index (χ1v) is 6.32. The molecule has 2 aromatic carbocycles. The highest BCUT2D eigenvalue weighted by atomic mass is 19.1. The van der Waals surface area contributed by atoms with Crippen molar-refractivity contribution in [1.29, 1.82) is 0 Å². The zero-order chi connectivity index (χ0) is 14.1. The summed E-state index contributed by atoms with van der Waals surface area (Å²) in [6, 6.07) is 12.1. The number of aliphatic hydroxyl groups is 1. The maximum Gasteiger partial charge on any atom is 0.144 e. The summed E-state index contributed by atoms with van der Waals surface area (Å²) in [7, 11) is 0. The standard InChI is InChI=1S/C15H14FN3O/c16-12-9-10(17)5-6-11(12)15-18-13-3-1-2-4-14(13)19(15)7-8-20/h1-6,9,20H,7-8,17H2. The topological polar surface area (TPSA) is 64.1 Å². The van der Waals surface area contributed by atoms with Crippen LogP contribution in [-0.4, -0.2) is 21.3 Å². The van der Waals surface area contributed by atoms with Crippen LogP contribution < -0.4 is 5.73 Å². The Labute approximate surface area is 115 Å². The minimum Gasteiger partial charge on any atom is -0.399 e. The van der Waals surface area contributed by atoms with Crippen LogP contribution in [0, 0.1) is 5.82 Å². The minimum atomic E-state index is -0.417. The lowest BCUT2D eigenvalue weighted by Gasteiger charge is -2.08. The van der Waals surface area contributed by atoms with Gasteiger partial charge in [0.15, 0.2) is 0 Å². The van der Waals surface area contributed by atoms with E-state index in [1.165, 1.54) is 6.07 Å². The third-order valence-corrected chi connectivity index (χ3v) is 3.21. The van der Waals surface area contributed by atoms with E-state index in [2.05, 4.69) is 4.98 Å². The number of rotatable bonds is 3. The number of aliphatic hydroxyl groups excluding tert-OH is 1. The Morgan fingerprint density at radius 3 is 2.75 bits per heavy atom. The molecule has 0 radical (unpaired) electrons. The number of nitrogens with zero attached hydrogens (tertiary/aromatic N) is 2. The van der Waals surface area contributed by atoms with Gasteiger partial charge in [-0.05, 0) is 30.3 Å². The average molecular weight is 271 g/mol. The normalized spacial score (nSPS) is 11.1. The first-order valence-electron chi connectivity index (χ1n) is 6.32. The van der Waals surface area contributed by atoms with E-state index in [1.807, 2.05) is 28.8 Å². The van der Waals surface area contributed by atoms with Gasteiger partial charge in [-0.2, -0.15) is 0 Å². The highest BCUT2D eigenvalue weighted by molar-refractivity contribution is 5.81. The lowest BCUT2D eigenvalue weighted by molar-refractivity contribution is 0.278. The van der Waals surface area contributed by atoms with E-state index in [9.17, 15) is 9.50 Å². The molecule has 3 aromatic rings. The molecular formula is C15H14FN3O. The van der Waals surface area contributed by atoms with Crippen molar-refractivity contribution in [2.75, 3.05) is 12.3 Å². The van der Waals surface area contributed by atoms with E-state index >= 15 is 0 Å². The number of aromatic nitrogens is 2. The number of nitrogen functional groups attached to an aromatic ring is 1. The quantitative estimate of drug-likeness (QED) is 0.719. The van der Waals surface area contributed by atoms with Gasteiger partial charge in [-0.1, -0.05) is 12.1 Å². The van der Waals surface area contributed by atoms with Crippen LogP contribution >= 0.6 is 0 Å². The Bertz CT molecular complexity index is 767. The fraction of sp³-hybridized carbons (Fsp3) is 0.133. The van der Waals surface area contributed by atoms with Gasteiger partial charge in [0.25, 0.3) is 0 Å². The van der Waals surface area contributed by atoms with E-state index in [1.54, 1.807) is 12.1 Å². The summed E-state index contributed by atoms with van der Waals surface area (Å²) < 4.78 is 15.9. The maximum absolute atomic E-state index is 14.1. The second-order valence-electron chi connectivity index (χ2n) is 4.54. The molecule has 5 heteroatoms. The van der Waals surface area contributed by atoms with Crippen molar-refractivity contribution >= 4 is 16.7 Å². The third-order valence-electron chi connectivity index (χ3n) is 3.21. The number of hydrogen-bond acceptors (Lipinski definition) is 3. The molecule has 0 saturated heterocycles. The molecule has 3 rings (SSSR count). The molecular weight excluding hydrogens is 257 g/mol. The molecule has 0 aliphatic heterocycles. The molecule has 0 atom stereocenters. The predicted octanol–water partition coefficient (Wildman–Crippen LogP) is 2.42. The van der Waals surface area contributed by atoms with Crippen molar-refractivity contribution in [1.82, 2.24) is 9.55 Å². The number of halogens is 1. The second kappa shape index (κ2) is 4.94. The number of para-hydroxylation sites is 2. The van der Waals surface area contributed by atoms with Gasteiger partial charge in [-0.3, -0.25) is 0 Å². The van der Waals surface area contributed by atoms with E-state index in [4.69, 9.17) is 5.73 Å². The molecule has 0 bridgehead atoms. The molecule has 20 heavy (non-hydrogen) atoms. The minimum absolute atomic E-state index is 0.0378. The molecule has 0 unspecified atom stereocenters. The Morgan fingerprint density at radius 2 is 2.00 bits per heavy atom. The Balaban J connectivity index is 2.26. The Morgan fingerprint density at radius 1 is 1.20 bits per heavy atom. The molecule has 4 nitrogen and oxygen atoms in total. The average Bonchev–Trinajstić information content (AvgIpc) is 2.78. The van der Waals surface area contributed by atoms with Crippen LogP contribution in [0.5, 0.6) is 0 Å². The molecule has 1 heterocycles. The van der Waals surface area contributed by atoms with Crippen molar-refractivity contribution in [2.45, 2.75) is 6.54 Å². The fourth-order valence-electron chi connectivity index (χ4n) is 2.32. The van der Waals surface area contributed by atoms with E-state index < -0.39 is 5.82 Å². The molecule has 1 aromatic heterocycles. The predicted molar refractivity (Wildman–Crippen MR) is 76.6 cm³/mol. The summed E-state index contributed by atoms with van der Waals surface area (Å²) in [5.74, 6) is 0.0808. The van der Waals surface area contributed by atoms with Gasteiger partial charge in [-0.25, -0.2) is 9.37 Å². The van der Waals surface area contributed by atoms with Gasteiger partial charge >= 0.3 is 0 Å². The van der Waals surface area contributed by atoms with Gasteiger partial charge in [0.1, 0.15) is 11.6 Å². The smallest absolute Gasteiger partial charge is 0.144 e. The molecule has 102 valence electrons. The van der Waals surface area contributed by atoms with E-state index in [-0.39, 0.29) is 6.61 Å². The van der Waals surface area contributed by atoms with E-state index in [0.29, 0.717) is 23.6 Å². The number of nitrogens with two attached hydrogens (primary N) is 1. The van der Waals surface area contributed by atoms with Crippen molar-refractivity contribution < 1.29 is 9.50 Å². The third kappa shape index (κ3) is 2.02. The molecule has 0 saturated carbocycles. The summed E-state index contributed by atoms with van der Waals surface area (Å²) in [6.45, 7) is 0.323. The van der Waals surface area contributed by atoms with Crippen molar-refractivity contribution in [2.24, 2.45) is 0 Å². The summed E-state index contributed by atoms with van der Waals surface area (Å²) >= 11 is 0. The largest absolute Gasteiger partial charge is 0.399 e. The number of imidazole rings is 1. The van der Waals surface area contributed by atoms with Gasteiger partial charge in [0.2, 0.25) is 0 Å². The monoisotopic (exact) mass is 271 g/mol. The van der Waals surface area contributed by atoms with Gasteiger partial charge in [0.05, 0.1) is 23.2 Å². The van der Waals surface area contributed by atoms with Crippen LogP contribution in [0.25, 0.3) is 22.4 Å². The zero-order valence-electron chi connectivity index (χ0n) is 10.8. The van der Waals surface area contributed by atoms with Crippen LogP contribution in [0.3, 0.4) is 0 Å². The summed E-state index contributed by atoms with van der Waals surface area (Å²) in [5.41, 5.74) is 7.96. The molecule has 0 spiro atoms. The lowest BCUT2D eigenvalue weighted by atomic mass is 10.2. The molecule has 0 amide bonds. The maximum atomic E-state index is 14.1. The number of fused-ring (bicyclic) bond motifs is 1. The van der Waals surface area contributed by atoms with Crippen molar-refractivity contribution in [3.8, 4) is 11.4 Å². The fourth-order valence-corrected chi connectivity index (χ4v) is 2.32. The Hall–Kier alpha value is -2.40. The molecule has 0 aliphatic rings. The first-order chi connectivity index (χ1) is 9.70. The summed E-state index contributed by atoms with van der Waals surface area (Å²) in [6.07, 6.45) is 0. The van der Waals surface area contributed by atoms with Crippen LogP contribution in [0.1, 0.15) is 0 Å². The number of anilines is 1. The molecule has 3 N–H and O–H groups in total. The van der Waals surface area contributed by atoms with Crippen LogP contribution in [0.4, 0.5) is 10.1 Å². The number of benzene rings is 2. The highest BCUT2D eigenvalue weighted by Crippen LogP contribution is 2.27. The summed E-state index contributed by atoms with van der Waals surface area (Å²) in [4.78, 5) is 4.46. The van der Waals surface area contributed by atoms with Gasteiger partial charge in [0, 0.05) is 12.2 Å². The van der Waals surface area contributed by atoms with Gasteiger partial charge < -0.3 is 15.4 Å².